The van der Waals surface area contributed by atoms with Crippen LogP contribution in [0.15, 0.2) is 36.7 Å². The number of nitrogens with two attached hydrogens (primary N) is 1. The third kappa shape index (κ3) is 4.93. The fraction of sp³-hybridized carbons (Fsp3) is 0.423. The van der Waals surface area contributed by atoms with Gasteiger partial charge in [0.15, 0.2) is 0 Å². The molecule has 0 bridgehead atoms. The zero-order chi connectivity index (χ0) is 27.0. The molecular formula is C26H32N6O5S. The predicted octanol–water partition coefficient (Wildman–Crippen LogP) is 2.66. The maximum atomic E-state index is 12.4. The number of piperidine rings is 1. The number of sulfonamides is 1. The van der Waals surface area contributed by atoms with Crippen molar-refractivity contribution in [1.29, 1.82) is 0 Å². The molecule has 0 atom stereocenters. The average molecular weight is 541 g/mol. The fourth-order valence-corrected chi connectivity index (χ4v) is 6.58. The minimum absolute atomic E-state index is 0.0987. The summed E-state index contributed by atoms with van der Waals surface area (Å²) >= 11 is 0. The van der Waals surface area contributed by atoms with Crippen LogP contribution in [0.2, 0.25) is 0 Å². The van der Waals surface area contributed by atoms with E-state index >= 15 is 0 Å². The lowest BCUT2D eigenvalue weighted by Gasteiger charge is -2.33. The summed E-state index contributed by atoms with van der Waals surface area (Å²) in [6, 6.07) is 7.65. The molecule has 202 valence electrons. The summed E-state index contributed by atoms with van der Waals surface area (Å²) in [5.41, 5.74) is 9.52. The Balaban J connectivity index is 1.41. The maximum absolute atomic E-state index is 12.4. The number of nitrogens with zero attached hydrogens (tertiary/aromatic N) is 4. The van der Waals surface area contributed by atoms with Crippen LogP contribution in [0.1, 0.15) is 41.6 Å². The van der Waals surface area contributed by atoms with Crippen LogP contribution in [0, 0.1) is 0 Å². The average Bonchev–Trinajstić information content (AvgIpc) is 3.36. The molecule has 11 nitrogen and oxygen atoms in total. The minimum Gasteiger partial charge on any atom is -0.465 e. The van der Waals surface area contributed by atoms with Gasteiger partial charge in [-0.25, -0.2) is 22.5 Å². The second-order valence-electron chi connectivity index (χ2n) is 9.79. The van der Waals surface area contributed by atoms with Crippen molar-refractivity contribution in [3.63, 3.8) is 0 Å². The van der Waals surface area contributed by atoms with Crippen molar-refractivity contribution in [2.45, 2.75) is 25.7 Å². The van der Waals surface area contributed by atoms with Gasteiger partial charge in [0.05, 0.1) is 16.8 Å². The lowest BCUT2D eigenvalue weighted by Crippen LogP contribution is -2.48. The van der Waals surface area contributed by atoms with Gasteiger partial charge in [0.1, 0.15) is 5.82 Å². The second-order valence-corrected chi connectivity index (χ2v) is 12.0. The standard InChI is InChI=1S/C26H32N6O5S/c1-2-38(36,37)32-7-5-17(6-8-32)22-16-29-24-20(22)13-19(14-21(24)25(27)33)18-3-4-23(28-15-18)30-9-11-31(12-10-30)26(34)35/h3-4,13-17,29H,2,5-12H2,1H3,(H2,27,33)(H,34,35). The summed E-state index contributed by atoms with van der Waals surface area (Å²) in [4.78, 5) is 34.8. The van der Waals surface area contributed by atoms with E-state index in [0.29, 0.717) is 63.2 Å². The molecule has 2 amide bonds. The van der Waals surface area contributed by atoms with Gasteiger partial charge in [-0.1, -0.05) is 0 Å². The van der Waals surface area contributed by atoms with Crippen LogP contribution in [0.4, 0.5) is 10.6 Å². The number of anilines is 1. The Kier molecular flexibility index (Phi) is 7.01. The van der Waals surface area contributed by atoms with Crippen LogP contribution in [0.25, 0.3) is 22.0 Å². The van der Waals surface area contributed by atoms with Crippen molar-refractivity contribution >= 4 is 38.7 Å². The van der Waals surface area contributed by atoms with Crippen molar-refractivity contribution < 1.29 is 23.1 Å². The van der Waals surface area contributed by atoms with E-state index in [1.54, 1.807) is 23.5 Å². The van der Waals surface area contributed by atoms with Crippen LogP contribution in [0.3, 0.4) is 0 Å². The van der Waals surface area contributed by atoms with Gasteiger partial charge in [0.25, 0.3) is 5.91 Å². The number of hydrogen-bond donors (Lipinski definition) is 3. The van der Waals surface area contributed by atoms with Gasteiger partial charge in [-0.2, -0.15) is 0 Å². The van der Waals surface area contributed by atoms with Gasteiger partial charge in [-0.05, 0) is 61.1 Å². The van der Waals surface area contributed by atoms with Crippen LogP contribution < -0.4 is 10.6 Å². The Morgan fingerprint density at radius 1 is 1.08 bits per heavy atom. The smallest absolute Gasteiger partial charge is 0.407 e. The number of aromatic nitrogens is 2. The third-order valence-electron chi connectivity index (χ3n) is 7.69. The molecule has 2 aromatic heterocycles. The zero-order valence-corrected chi connectivity index (χ0v) is 22.1. The Bertz CT molecular complexity index is 1450. The number of nitrogens with one attached hydrogen (secondary N) is 1. The molecule has 0 aliphatic carbocycles. The van der Waals surface area contributed by atoms with Gasteiger partial charge < -0.3 is 25.6 Å². The number of primary amides is 1. The quantitative estimate of drug-likeness (QED) is 0.434. The van der Waals surface area contributed by atoms with E-state index in [-0.39, 0.29) is 11.7 Å². The molecule has 4 N–H and O–H groups in total. The number of H-pyrrole nitrogens is 1. The number of carbonyl (C=O) groups excluding carboxylic acids is 1. The summed E-state index contributed by atoms with van der Waals surface area (Å²) in [6.45, 7) is 4.61. The van der Waals surface area contributed by atoms with E-state index in [2.05, 4.69) is 14.9 Å². The molecule has 12 heteroatoms. The molecule has 0 spiro atoms. The highest BCUT2D eigenvalue weighted by molar-refractivity contribution is 7.89. The molecule has 4 heterocycles. The highest BCUT2D eigenvalue weighted by Crippen LogP contribution is 2.37. The fourth-order valence-electron chi connectivity index (χ4n) is 5.45. The molecule has 0 saturated carbocycles. The largest absolute Gasteiger partial charge is 0.465 e. The summed E-state index contributed by atoms with van der Waals surface area (Å²) < 4.78 is 26.1. The number of carboxylic acid groups (broad SMARTS) is 1. The number of amides is 2. The molecule has 0 unspecified atom stereocenters. The van der Waals surface area contributed by atoms with Crippen LogP contribution in [-0.4, -0.2) is 89.7 Å². The van der Waals surface area contributed by atoms with Crippen molar-refractivity contribution in [3.05, 3.63) is 47.8 Å². The van der Waals surface area contributed by atoms with E-state index in [1.165, 1.54) is 4.90 Å². The third-order valence-corrected chi connectivity index (χ3v) is 9.58. The van der Waals surface area contributed by atoms with Gasteiger partial charge in [0.2, 0.25) is 10.0 Å². The number of pyridine rings is 1. The second kappa shape index (κ2) is 10.3. The topological polar surface area (TPSA) is 153 Å². The van der Waals surface area contributed by atoms with E-state index in [1.807, 2.05) is 24.4 Å². The molecule has 2 aliphatic rings. The van der Waals surface area contributed by atoms with Gasteiger partial charge in [-0.15, -0.1) is 0 Å². The van der Waals surface area contributed by atoms with Crippen LogP contribution >= 0.6 is 0 Å². The molecule has 2 aliphatic heterocycles. The van der Waals surface area contributed by atoms with Gasteiger partial charge in [-0.3, -0.25) is 4.79 Å². The molecule has 2 fully saturated rings. The summed E-state index contributed by atoms with van der Waals surface area (Å²) in [5.74, 6) is 0.496. The Labute approximate surface area is 221 Å². The van der Waals surface area contributed by atoms with Crippen molar-refractivity contribution in [2.75, 3.05) is 49.9 Å². The summed E-state index contributed by atoms with van der Waals surface area (Å²) in [6.07, 6.45) is 4.16. The first-order valence-electron chi connectivity index (χ1n) is 12.8. The number of piperazine rings is 1. The normalized spacial score (nSPS) is 17.7. The van der Waals surface area contributed by atoms with Gasteiger partial charge >= 0.3 is 6.09 Å². The maximum Gasteiger partial charge on any atom is 0.407 e. The van der Waals surface area contributed by atoms with E-state index in [0.717, 1.165) is 27.9 Å². The number of hydrogen-bond acceptors (Lipinski definition) is 6. The SMILES string of the molecule is CCS(=O)(=O)N1CCC(c2c[nH]c3c(C(N)=O)cc(-c4ccc(N5CCN(C(=O)O)CC5)nc4)cc23)CC1. The van der Waals surface area contributed by atoms with Crippen molar-refractivity contribution in [3.8, 4) is 11.1 Å². The Morgan fingerprint density at radius 3 is 2.37 bits per heavy atom. The number of fused-ring (bicyclic) bond motifs is 1. The lowest BCUT2D eigenvalue weighted by molar-refractivity contribution is 0.100. The molecular weight excluding hydrogens is 508 g/mol. The molecule has 3 aromatic rings. The highest BCUT2D eigenvalue weighted by atomic mass is 32.2. The molecule has 2 saturated heterocycles. The first-order valence-corrected chi connectivity index (χ1v) is 14.4. The Hall–Kier alpha value is -3.64. The molecule has 0 radical (unpaired) electrons. The number of rotatable bonds is 6. The van der Waals surface area contributed by atoms with E-state index in [9.17, 15) is 18.0 Å². The number of aromatic amines is 1. The van der Waals surface area contributed by atoms with Crippen LogP contribution in [0.5, 0.6) is 0 Å². The highest BCUT2D eigenvalue weighted by Gasteiger charge is 2.29. The first-order chi connectivity index (χ1) is 18.2. The summed E-state index contributed by atoms with van der Waals surface area (Å²) in [5, 5.41) is 10.1. The Morgan fingerprint density at radius 2 is 1.79 bits per heavy atom. The van der Waals surface area contributed by atoms with Crippen molar-refractivity contribution in [1.82, 2.24) is 19.2 Å². The summed E-state index contributed by atoms with van der Waals surface area (Å²) in [7, 11) is -3.21. The molecule has 5 rings (SSSR count). The lowest BCUT2D eigenvalue weighted by atomic mass is 9.88. The number of carbonyl (C=O) groups is 2. The first kappa shape index (κ1) is 26.0. The minimum atomic E-state index is -3.21. The zero-order valence-electron chi connectivity index (χ0n) is 21.3. The molecule has 38 heavy (non-hydrogen) atoms. The van der Waals surface area contributed by atoms with Gasteiger partial charge in [0, 0.05) is 62.6 Å². The van der Waals surface area contributed by atoms with E-state index in [4.69, 9.17) is 10.8 Å². The monoisotopic (exact) mass is 540 g/mol. The predicted molar refractivity (Wildman–Crippen MR) is 145 cm³/mol. The van der Waals surface area contributed by atoms with E-state index < -0.39 is 22.0 Å². The van der Waals surface area contributed by atoms with Crippen LogP contribution in [-0.2, 0) is 10.0 Å². The molecule has 1 aromatic carbocycles. The van der Waals surface area contributed by atoms with Crippen molar-refractivity contribution in [2.24, 2.45) is 5.73 Å². The number of benzene rings is 1.